The lowest BCUT2D eigenvalue weighted by Crippen LogP contribution is -1.95. The first kappa shape index (κ1) is 12.8. The van der Waals surface area contributed by atoms with E-state index in [4.69, 9.17) is 21.4 Å². The van der Waals surface area contributed by atoms with E-state index in [0.717, 1.165) is 12.1 Å². The summed E-state index contributed by atoms with van der Waals surface area (Å²) in [4.78, 5) is 0. The number of aliphatic hydroxyl groups excluding tert-OH is 1. The van der Waals surface area contributed by atoms with Gasteiger partial charge in [0.2, 0.25) is 0 Å². The minimum atomic E-state index is -0.834. The van der Waals surface area contributed by atoms with Crippen molar-refractivity contribution >= 4 is 11.6 Å². The van der Waals surface area contributed by atoms with Gasteiger partial charge in [-0.15, -0.1) is 0 Å². The number of halogens is 3. The summed E-state index contributed by atoms with van der Waals surface area (Å²) in [6, 6.07) is 7.75. The van der Waals surface area contributed by atoms with Crippen molar-refractivity contribution in [3.63, 3.8) is 0 Å². The summed E-state index contributed by atoms with van der Waals surface area (Å²) >= 11 is 5.91. The Morgan fingerprint density at radius 2 is 1.94 bits per heavy atom. The summed E-state index contributed by atoms with van der Waals surface area (Å²) in [6.45, 7) is -0.293. The van der Waals surface area contributed by atoms with Crippen LogP contribution < -0.4 is 4.74 Å². The second-order valence-electron chi connectivity index (χ2n) is 3.56. The minimum Gasteiger partial charge on any atom is -0.452 e. The SMILES string of the molecule is OCc1cccc(Cl)c1Oc1ccc(F)cc1F. The highest BCUT2D eigenvalue weighted by Gasteiger charge is 2.12. The van der Waals surface area contributed by atoms with Crippen molar-refractivity contribution in [1.82, 2.24) is 0 Å². The first-order valence-electron chi connectivity index (χ1n) is 5.13. The Balaban J connectivity index is 2.39. The molecule has 0 aliphatic heterocycles. The quantitative estimate of drug-likeness (QED) is 0.916. The number of hydrogen-bond acceptors (Lipinski definition) is 2. The molecule has 0 fully saturated rings. The highest BCUT2D eigenvalue weighted by molar-refractivity contribution is 6.32. The molecule has 0 unspecified atom stereocenters. The van der Waals surface area contributed by atoms with Gasteiger partial charge in [0.15, 0.2) is 17.3 Å². The monoisotopic (exact) mass is 270 g/mol. The summed E-state index contributed by atoms with van der Waals surface area (Å²) < 4.78 is 31.5. The maximum absolute atomic E-state index is 13.4. The van der Waals surface area contributed by atoms with Crippen LogP contribution in [0.3, 0.4) is 0 Å². The van der Waals surface area contributed by atoms with Crippen molar-refractivity contribution in [2.24, 2.45) is 0 Å². The Morgan fingerprint density at radius 3 is 2.61 bits per heavy atom. The van der Waals surface area contributed by atoms with Crippen molar-refractivity contribution in [3.05, 3.63) is 58.6 Å². The van der Waals surface area contributed by atoms with Gasteiger partial charge in [0, 0.05) is 11.6 Å². The highest BCUT2D eigenvalue weighted by atomic mass is 35.5. The molecule has 5 heteroatoms. The van der Waals surface area contributed by atoms with Gasteiger partial charge >= 0.3 is 0 Å². The fraction of sp³-hybridized carbons (Fsp3) is 0.0769. The van der Waals surface area contributed by atoms with E-state index in [1.807, 2.05) is 0 Å². The predicted molar refractivity (Wildman–Crippen MR) is 63.8 cm³/mol. The molecule has 2 aromatic carbocycles. The van der Waals surface area contributed by atoms with E-state index in [-0.39, 0.29) is 23.1 Å². The van der Waals surface area contributed by atoms with Crippen LogP contribution >= 0.6 is 11.6 Å². The predicted octanol–water partition coefficient (Wildman–Crippen LogP) is 3.90. The number of ether oxygens (including phenoxy) is 1. The molecule has 0 amide bonds. The van der Waals surface area contributed by atoms with Crippen molar-refractivity contribution in [3.8, 4) is 11.5 Å². The van der Waals surface area contributed by atoms with Gasteiger partial charge in [0.1, 0.15) is 5.82 Å². The van der Waals surface area contributed by atoms with Gasteiger partial charge in [-0.05, 0) is 18.2 Å². The largest absolute Gasteiger partial charge is 0.452 e. The number of benzene rings is 2. The first-order chi connectivity index (χ1) is 8.61. The molecule has 0 bridgehead atoms. The van der Waals surface area contributed by atoms with Crippen molar-refractivity contribution in [2.45, 2.75) is 6.61 Å². The smallest absolute Gasteiger partial charge is 0.168 e. The molecule has 0 saturated carbocycles. The van der Waals surface area contributed by atoms with Gasteiger partial charge in [-0.1, -0.05) is 23.7 Å². The third-order valence-corrected chi connectivity index (χ3v) is 2.62. The normalized spacial score (nSPS) is 10.4. The van der Waals surface area contributed by atoms with Gasteiger partial charge in [-0.25, -0.2) is 8.78 Å². The molecule has 18 heavy (non-hydrogen) atoms. The van der Waals surface area contributed by atoms with Crippen molar-refractivity contribution < 1.29 is 18.6 Å². The van der Waals surface area contributed by atoms with Crippen molar-refractivity contribution in [2.75, 3.05) is 0 Å². The molecular formula is C13H9ClF2O2. The molecule has 2 aromatic rings. The molecule has 2 rings (SSSR count). The van der Waals surface area contributed by atoms with Gasteiger partial charge < -0.3 is 9.84 Å². The molecule has 0 atom stereocenters. The Labute approximate surface area is 107 Å². The van der Waals surface area contributed by atoms with Gasteiger partial charge in [0.05, 0.1) is 11.6 Å². The van der Waals surface area contributed by atoms with E-state index in [1.54, 1.807) is 18.2 Å². The second-order valence-corrected chi connectivity index (χ2v) is 3.97. The highest BCUT2D eigenvalue weighted by Crippen LogP contribution is 2.34. The van der Waals surface area contributed by atoms with Gasteiger partial charge in [0.25, 0.3) is 0 Å². The third-order valence-electron chi connectivity index (χ3n) is 2.32. The van der Waals surface area contributed by atoms with Crippen LogP contribution in [0, 0.1) is 11.6 Å². The molecule has 0 aromatic heterocycles. The molecule has 94 valence electrons. The average molecular weight is 271 g/mol. The van der Waals surface area contributed by atoms with Crippen LogP contribution in [0.2, 0.25) is 5.02 Å². The Kier molecular flexibility index (Phi) is 3.79. The molecule has 0 radical (unpaired) electrons. The van der Waals surface area contributed by atoms with E-state index in [1.165, 1.54) is 0 Å². The molecule has 2 nitrogen and oxygen atoms in total. The zero-order valence-corrected chi connectivity index (χ0v) is 9.92. The number of rotatable bonds is 3. The van der Waals surface area contributed by atoms with Crippen LogP contribution in [0.1, 0.15) is 5.56 Å². The summed E-state index contributed by atoms with van der Waals surface area (Å²) in [5.74, 6) is -1.52. The van der Waals surface area contributed by atoms with E-state index < -0.39 is 11.6 Å². The van der Waals surface area contributed by atoms with Gasteiger partial charge in [-0.2, -0.15) is 0 Å². The zero-order valence-electron chi connectivity index (χ0n) is 9.16. The van der Waals surface area contributed by atoms with Crippen molar-refractivity contribution in [1.29, 1.82) is 0 Å². The Bertz CT molecular complexity index is 573. The maximum Gasteiger partial charge on any atom is 0.168 e. The number of hydrogen-bond donors (Lipinski definition) is 1. The fourth-order valence-corrected chi connectivity index (χ4v) is 1.69. The summed E-state index contributed by atoms with van der Waals surface area (Å²) in [6.07, 6.45) is 0. The van der Waals surface area contributed by atoms with Crippen LogP contribution in [0.15, 0.2) is 36.4 Å². The van der Waals surface area contributed by atoms with E-state index in [9.17, 15) is 8.78 Å². The van der Waals surface area contributed by atoms with Crippen LogP contribution in [0.5, 0.6) is 11.5 Å². The molecular weight excluding hydrogens is 262 g/mol. The standard InChI is InChI=1S/C13H9ClF2O2/c14-10-3-1-2-8(7-17)13(10)18-12-5-4-9(15)6-11(12)16/h1-6,17H,7H2. The van der Waals surface area contributed by atoms with E-state index in [0.29, 0.717) is 11.6 Å². The molecule has 0 aliphatic rings. The summed E-state index contributed by atoms with van der Waals surface area (Å²) in [5.41, 5.74) is 0.422. The fourth-order valence-electron chi connectivity index (χ4n) is 1.46. The molecule has 1 N–H and O–H groups in total. The van der Waals surface area contributed by atoms with Gasteiger partial charge in [-0.3, -0.25) is 0 Å². The van der Waals surface area contributed by atoms with Crippen LogP contribution in [-0.2, 0) is 6.61 Å². The summed E-state index contributed by atoms with van der Waals surface area (Å²) in [5, 5.41) is 9.38. The zero-order chi connectivity index (χ0) is 13.1. The number of para-hydroxylation sites is 1. The van der Waals surface area contributed by atoms with Crippen LogP contribution in [-0.4, -0.2) is 5.11 Å². The Hall–Kier alpha value is -1.65. The third kappa shape index (κ3) is 2.60. The molecule has 0 spiro atoms. The second kappa shape index (κ2) is 5.33. The minimum absolute atomic E-state index is 0.154. The van der Waals surface area contributed by atoms with Crippen LogP contribution in [0.25, 0.3) is 0 Å². The van der Waals surface area contributed by atoms with E-state index in [2.05, 4.69) is 0 Å². The Morgan fingerprint density at radius 1 is 1.17 bits per heavy atom. The van der Waals surface area contributed by atoms with E-state index >= 15 is 0 Å². The average Bonchev–Trinajstić information content (AvgIpc) is 2.34. The lowest BCUT2D eigenvalue weighted by molar-refractivity contribution is 0.276. The first-order valence-corrected chi connectivity index (χ1v) is 5.50. The molecule has 0 saturated heterocycles. The topological polar surface area (TPSA) is 29.5 Å². The number of aliphatic hydroxyl groups is 1. The summed E-state index contributed by atoms with van der Waals surface area (Å²) in [7, 11) is 0. The molecule has 0 heterocycles. The van der Waals surface area contributed by atoms with Crippen LogP contribution in [0.4, 0.5) is 8.78 Å². The lowest BCUT2D eigenvalue weighted by Gasteiger charge is -2.11. The lowest BCUT2D eigenvalue weighted by atomic mass is 10.2. The molecule has 0 aliphatic carbocycles. The maximum atomic E-state index is 13.4.